The van der Waals surface area contributed by atoms with Crippen LogP contribution in [-0.4, -0.2) is 0 Å². The molecule has 0 unspecified atom stereocenters. The van der Waals surface area contributed by atoms with Crippen molar-refractivity contribution in [2.75, 3.05) is 0 Å². The normalized spacial score (nSPS) is 10.7. The first-order chi connectivity index (χ1) is 9.86. The zero-order valence-corrected chi connectivity index (χ0v) is 12.6. The smallest absolute Gasteiger partial charge is 0.0150 e. The van der Waals surface area contributed by atoms with Gasteiger partial charge in [0.15, 0.2) is 0 Å². The van der Waals surface area contributed by atoms with Crippen LogP contribution >= 0.6 is 7.92 Å². The van der Waals surface area contributed by atoms with Crippen molar-refractivity contribution in [3.63, 3.8) is 0 Å². The van der Waals surface area contributed by atoms with Gasteiger partial charge in [0.25, 0.3) is 0 Å². The predicted molar refractivity (Wildman–Crippen MR) is 90.8 cm³/mol. The third-order valence-electron chi connectivity index (χ3n) is 3.13. The summed E-state index contributed by atoms with van der Waals surface area (Å²) in [5.74, 6) is 0. The second-order valence-electron chi connectivity index (χ2n) is 4.47. The van der Waals surface area contributed by atoms with Crippen molar-refractivity contribution in [2.45, 2.75) is 4.90 Å². The average Bonchev–Trinajstić information content (AvgIpc) is 2.52. The Morgan fingerprint density at radius 1 is 0.550 bits per heavy atom. The lowest BCUT2D eigenvalue weighted by Gasteiger charge is -2.24. The lowest BCUT2D eigenvalue weighted by atomic mass is 10.3. The molecule has 3 aromatic rings. The number of rotatable bonds is 3. The van der Waals surface area contributed by atoms with Crippen molar-refractivity contribution in [2.24, 2.45) is 0 Å². The maximum absolute atomic E-state index is 5.54. The van der Waals surface area contributed by atoms with Crippen LogP contribution < -0.4 is 15.9 Å². The molecular weight excluding hydrogens is 279 g/mol. The number of hydrogen-bond donors (Lipinski definition) is 0. The van der Waals surface area contributed by atoms with E-state index in [-0.39, 0.29) is 0 Å². The monoisotopic (exact) mass is 293 g/mol. The summed E-state index contributed by atoms with van der Waals surface area (Å²) in [7, 11) is -0.571. The highest BCUT2D eigenvalue weighted by Crippen LogP contribution is 2.33. The third-order valence-corrected chi connectivity index (χ3v) is 6.14. The van der Waals surface area contributed by atoms with E-state index in [1.54, 1.807) is 0 Å². The van der Waals surface area contributed by atoms with Crippen LogP contribution in [0.2, 0.25) is 0 Å². The van der Waals surface area contributed by atoms with E-state index in [1.165, 1.54) is 15.9 Å². The minimum absolute atomic E-state index is 0.571. The van der Waals surface area contributed by atoms with Crippen LogP contribution in [0.5, 0.6) is 0 Å². The zero-order chi connectivity index (χ0) is 13.8. The van der Waals surface area contributed by atoms with Crippen LogP contribution in [0.1, 0.15) is 0 Å². The van der Waals surface area contributed by atoms with Gasteiger partial charge in [-0.1, -0.05) is 84.9 Å². The molecule has 3 aromatic carbocycles. The molecule has 0 bridgehead atoms. The Balaban J connectivity index is 2.17. The molecule has 0 heterocycles. The number of hydrogen-bond acceptors (Lipinski definition) is 1. The lowest BCUT2D eigenvalue weighted by molar-refractivity contribution is 1.54. The molecule has 0 aliphatic carbocycles. The van der Waals surface area contributed by atoms with Crippen molar-refractivity contribution in [3.8, 4) is 0 Å². The Bertz CT molecular complexity index is 641. The molecule has 2 heteroatoms. The first-order valence-electron chi connectivity index (χ1n) is 6.52. The quantitative estimate of drug-likeness (QED) is 0.527. The van der Waals surface area contributed by atoms with Gasteiger partial charge in [-0.3, -0.25) is 0 Å². The third kappa shape index (κ3) is 2.75. The maximum Gasteiger partial charge on any atom is -0.0150 e. The van der Waals surface area contributed by atoms with E-state index in [9.17, 15) is 0 Å². The second-order valence-corrected chi connectivity index (χ2v) is 7.10. The fraction of sp³-hybridized carbons (Fsp3) is 0. The molecule has 0 fully saturated rings. The Morgan fingerprint density at radius 3 is 1.50 bits per heavy atom. The standard InChI is InChI=1S/C18H15PS/c20-18-14-8-7-13-17(18)19(15-9-3-1-4-10-15)16-11-5-2-6-12-16/h1-14,20H/p-1. The first-order valence-corrected chi connectivity index (χ1v) is 8.27. The minimum atomic E-state index is -0.571. The van der Waals surface area contributed by atoms with Gasteiger partial charge in [-0.05, 0) is 23.8 Å². The van der Waals surface area contributed by atoms with E-state index < -0.39 is 7.92 Å². The molecule has 0 radical (unpaired) electrons. The first kappa shape index (κ1) is 13.3. The lowest BCUT2D eigenvalue weighted by Crippen LogP contribution is -2.21. The van der Waals surface area contributed by atoms with E-state index in [2.05, 4.69) is 72.8 Å². The molecule has 0 saturated carbocycles. The molecule has 0 spiro atoms. The molecule has 0 atom stereocenters. The Kier molecular flexibility index (Phi) is 4.11. The molecule has 20 heavy (non-hydrogen) atoms. The fourth-order valence-corrected chi connectivity index (χ4v) is 4.97. The Morgan fingerprint density at radius 2 is 1.00 bits per heavy atom. The van der Waals surface area contributed by atoms with E-state index >= 15 is 0 Å². The SMILES string of the molecule is [S-]c1ccccc1P(c1ccccc1)c1ccccc1. The van der Waals surface area contributed by atoms with Gasteiger partial charge in [-0.2, -0.15) is 4.90 Å². The molecule has 98 valence electrons. The highest BCUT2D eigenvalue weighted by Gasteiger charge is 2.15. The zero-order valence-electron chi connectivity index (χ0n) is 10.9. The molecule has 0 N–H and O–H groups in total. The van der Waals surface area contributed by atoms with Crippen LogP contribution in [0.25, 0.3) is 0 Å². The maximum atomic E-state index is 5.54. The van der Waals surface area contributed by atoms with Gasteiger partial charge >= 0.3 is 0 Å². The summed E-state index contributed by atoms with van der Waals surface area (Å²) in [5.41, 5.74) is 0. The second kappa shape index (κ2) is 6.17. The fourth-order valence-electron chi connectivity index (χ4n) is 2.22. The molecule has 0 aliphatic rings. The molecule has 0 aromatic heterocycles. The molecule has 0 aliphatic heterocycles. The van der Waals surface area contributed by atoms with Crippen LogP contribution in [0, 0.1) is 0 Å². The Hall–Kier alpha value is -1.69. The van der Waals surface area contributed by atoms with Crippen molar-refractivity contribution >= 4 is 36.5 Å². The van der Waals surface area contributed by atoms with Crippen LogP contribution in [0.15, 0.2) is 89.8 Å². The summed E-state index contributed by atoms with van der Waals surface area (Å²) in [6.07, 6.45) is 0. The topological polar surface area (TPSA) is 0 Å². The summed E-state index contributed by atoms with van der Waals surface area (Å²) in [5, 5.41) is 3.94. The van der Waals surface area contributed by atoms with E-state index in [0.29, 0.717) is 0 Å². The summed E-state index contributed by atoms with van der Waals surface area (Å²) < 4.78 is 0. The predicted octanol–water partition coefficient (Wildman–Crippen LogP) is 3.35. The minimum Gasteiger partial charge on any atom is -0.779 e. The van der Waals surface area contributed by atoms with Crippen LogP contribution in [0.4, 0.5) is 0 Å². The summed E-state index contributed by atoms with van der Waals surface area (Å²) in [6, 6.07) is 29.5. The molecule has 3 rings (SSSR count). The van der Waals surface area contributed by atoms with Crippen molar-refractivity contribution in [1.82, 2.24) is 0 Å². The summed E-state index contributed by atoms with van der Waals surface area (Å²) in [4.78, 5) is 0.950. The van der Waals surface area contributed by atoms with Gasteiger partial charge in [0.2, 0.25) is 0 Å². The highest BCUT2D eigenvalue weighted by molar-refractivity contribution is 7.80. The van der Waals surface area contributed by atoms with Gasteiger partial charge in [-0.15, -0.1) is 0 Å². The van der Waals surface area contributed by atoms with Gasteiger partial charge in [0, 0.05) is 0 Å². The molecule has 0 saturated heterocycles. The Labute approximate surface area is 126 Å². The van der Waals surface area contributed by atoms with Crippen molar-refractivity contribution in [3.05, 3.63) is 84.9 Å². The highest BCUT2D eigenvalue weighted by atomic mass is 32.1. The molecule has 0 nitrogen and oxygen atoms in total. The summed E-state index contributed by atoms with van der Waals surface area (Å²) >= 11 is 5.54. The molecular formula is C18H14PS-. The van der Waals surface area contributed by atoms with Crippen molar-refractivity contribution < 1.29 is 0 Å². The molecule has 0 amide bonds. The van der Waals surface area contributed by atoms with E-state index in [4.69, 9.17) is 12.6 Å². The van der Waals surface area contributed by atoms with Crippen LogP contribution in [0.3, 0.4) is 0 Å². The van der Waals surface area contributed by atoms with E-state index in [1.807, 2.05) is 12.1 Å². The van der Waals surface area contributed by atoms with Gasteiger partial charge < -0.3 is 12.6 Å². The van der Waals surface area contributed by atoms with Crippen LogP contribution in [-0.2, 0) is 12.6 Å². The van der Waals surface area contributed by atoms with Gasteiger partial charge in [0.05, 0.1) is 0 Å². The average molecular weight is 293 g/mol. The van der Waals surface area contributed by atoms with Gasteiger partial charge in [-0.25, -0.2) is 0 Å². The number of benzene rings is 3. The summed E-state index contributed by atoms with van der Waals surface area (Å²) in [6.45, 7) is 0. The van der Waals surface area contributed by atoms with Gasteiger partial charge in [0.1, 0.15) is 0 Å². The largest absolute Gasteiger partial charge is 0.779 e. The van der Waals surface area contributed by atoms with E-state index in [0.717, 1.165) is 4.90 Å². The van der Waals surface area contributed by atoms with Crippen molar-refractivity contribution in [1.29, 1.82) is 0 Å².